The Labute approximate surface area is 166 Å². The van der Waals surface area contributed by atoms with Crippen LogP contribution in [0.5, 0.6) is 0 Å². The first-order valence-electron chi connectivity index (χ1n) is 7.58. The summed E-state index contributed by atoms with van der Waals surface area (Å²) in [6.45, 7) is 0. The van der Waals surface area contributed by atoms with Crippen molar-refractivity contribution in [2.75, 3.05) is 0 Å². The molecule has 0 fully saturated rings. The highest BCUT2D eigenvalue weighted by molar-refractivity contribution is 9.10. The number of carbonyl (C=O) groups excluding carboxylic acids is 1. The van der Waals surface area contributed by atoms with Crippen molar-refractivity contribution in [1.29, 1.82) is 0 Å². The van der Waals surface area contributed by atoms with Crippen LogP contribution in [0.25, 0.3) is 11.3 Å². The van der Waals surface area contributed by atoms with Crippen molar-refractivity contribution in [1.82, 2.24) is 5.43 Å². The highest BCUT2D eigenvalue weighted by Gasteiger charge is 2.18. The molecule has 0 radical (unpaired) electrons. The second kappa shape index (κ2) is 8.15. The van der Waals surface area contributed by atoms with E-state index in [1.54, 1.807) is 48.5 Å². The molecule has 2 aromatic carbocycles. The molecule has 1 aromatic heterocycles. The number of benzene rings is 2. The highest BCUT2D eigenvalue weighted by atomic mass is 79.9. The van der Waals surface area contributed by atoms with Gasteiger partial charge in [0.25, 0.3) is 11.6 Å². The lowest BCUT2D eigenvalue weighted by molar-refractivity contribution is -0.384. The van der Waals surface area contributed by atoms with Gasteiger partial charge in [0.2, 0.25) is 0 Å². The van der Waals surface area contributed by atoms with Gasteiger partial charge in [0, 0.05) is 10.5 Å². The molecule has 0 saturated carbocycles. The molecule has 3 rings (SSSR count). The van der Waals surface area contributed by atoms with Gasteiger partial charge >= 0.3 is 0 Å². The SMILES string of the molecule is O=C(N/N=C\c1ccc(-c2ccc(Br)cc2[N+](=O)[O-])o1)c1ccccc1Cl. The summed E-state index contributed by atoms with van der Waals surface area (Å²) in [7, 11) is 0. The minimum absolute atomic E-state index is 0.0887. The number of nitrogens with zero attached hydrogens (tertiary/aromatic N) is 2. The first-order valence-corrected chi connectivity index (χ1v) is 8.75. The normalized spacial score (nSPS) is 10.9. The molecule has 0 bridgehead atoms. The van der Waals surface area contributed by atoms with Crippen LogP contribution in [0.2, 0.25) is 5.02 Å². The van der Waals surface area contributed by atoms with Gasteiger partial charge in [-0.3, -0.25) is 14.9 Å². The molecule has 0 unspecified atom stereocenters. The lowest BCUT2D eigenvalue weighted by Gasteiger charge is -2.01. The first kappa shape index (κ1) is 18.8. The largest absolute Gasteiger partial charge is 0.455 e. The second-order valence-corrected chi connectivity index (χ2v) is 6.62. The van der Waals surface area contributed by atoms with Gasteiger partial charge < -0.3 is 4.42 Å². The molecule has 0 spiro atoms. The Morgan fingerprint density at radius 1 is 1.22 bits per heavy atom. The average molecular weight is 449 g/mol. The van der Waals surface area contributed by atoms with Gasteiger partial charge in [-0.2, -0.15) is 5.10 Å². The number of amides is 1. The van der Waals surface area contributed by atoms with Gasteiger partial charge in [-0.25, -0.2) is 5.43 Å². The summed E-state index contributed by atoms with van der Waals surface area (Å²) in [5.74, 6) is 0.168. The van der Waals surface area contributed by atoms with Gasteiger partial charge in [-0.15, -0.1) is 0 Å². The minimum Gasteiger partial charge on any atom is -0.455 e. The molecule has 9 heteroatoms. The van der Waals surface area contributed by atoms with E-state index >= 15 is 0 Å². The smallest absolute Gasteiger partial charge is 0.281 e. The Hall–Kier alpha value is -2.97. The fourth-order valence-corrected chi connectivity index (χ4v) is 2.86. The molecular weight excluding hydrogens is 438 g/mol. The molecule has 1 N–H and O–H groups in total. The van der Waals surface area contributed by atoms with Crippen molar-refractivity contribution in [3.05, 3.63) is 85.5 Å². The van der Waals surface area contributed by atoms with Crippen LogP contribution in [0.4, 0.5) is 5.69 Å². The zero-order chi connectivity index (χ0) is 19.4. The summed E-state index contributed by atoms with van der Waals surface area (Å²) >= 11 is 9.16. The molecule has 1 heterocycles. The molecule has 136 valence electrons. The van der Waals surface area contributed by atoms with Crippen LogP contribution in [0.15, 0.2) is 68.6 Å². The fraction of sp³-hybridized carbons (Fsp3) is 0. The van der Waals surface area contributed by atoms with Crippen LogP contribution >= 0.6 is 27.5 Å². The van der Waals surface area contributed by atoms with Crippen molar-refractivity contribution < 1.29 is 14.1 Å². The number of hydrogen-bond acceptors (Lipinski definition) is 5. The van der Waals surface area contributed by atoms with E-state index in [2.05, 4.69) is 26.5 Å². The molecule has 0 saturated heterocycles. The van der Waals surface area contributed by atoms with E-state index in [0.717, 1.165) is 0 Å². The summed E-state index contributed by atoms with van der Waals surface area (Å²) in [5.41, 5.74) is 2.89. The van der Waals surface area contributed by atoms with Gasteiger partial charge in [-0.1, -0.05) is 39.7 Å². The van der Waals surface area contributed by atoms with Gasteiger partial charge in [0.15, 0.2) is 0 Å². The van der Waals surface area contributed by atoms with E-state index in [0.29, 0.717) is 32.1 Å². The molecular formula is C18H11BrClN3O4. The lowest BCUT2D eigenvalue weighted by atomic mass is 10.1. The first-order chi connectivity index (χ1) is 13.0. The third kappa shape index (κ3) is 4.42. The van der Waals surface area contributed by atoms with Crippen LogP contribution in [-0.4, -0.2) is 17.0 Å². The zero-order valence-electron chi connectivity index (χ0n) is 13.6. The van der Waals surface area contributed by atoms with Crippen LogP contribution in [0.1, 0.15) is 16.1 Å². The van der Waals surface area contributed by atoms with E-state index < -0.39 is 10.8 Å². The Morgan fingerprint density at radius 3 is 2.74 bits per heavy atom. The molecule has 0 aliphatic heterocycles. The monoisotopic (exact) mass is 447 g/mol. The molecule has 0 aliphatic rings. The summed E-state index contributed by atoms with van der Waals surface area (Å²) in [5, 5.41) is 15.4. The lowest BCUT2D eigenvalue weighted by Crippen LogP contribution is -2.17. The minimum atomic E-state index is -0.486. The topological polar surface area (TPSA) is 97.7 Å². The predicted molar refractivity (Wildman–Crippen MR) is 105 cm³/mol. The summed E-state index contributed by atoms with van der Waals surface area (Å²) in [6.07, 6.45) is 1.29. The fourth-order valence-electron chi connectivity index (χ4n) is 2.29. The van der Waals surface area contributed by atoms with Crippen molar-refractivity contribution in [2.24, 2.45) is 5.10 Å². The van der Waals surface area contributed by atoms with Crippen LogP contribution < -0.4 is 5.43 Å². The zero-order valence-corrected chi connectivity index (χ0v) is 15.9. The number of nitro benzene ring substituents is 1. The summed E-state index contributed by atoms with van der Waals surface area (Å²) < 4.78 is 6.16. The van der Waals surface area contributed by atoms with Crippen LogP contribution in [0.3, 0.4) is 0 Å². The number of rotatable bonds is 5. The second-order valence-electron chi connectivity index (χ2n) is 5.30. The molecule has 7 nitrogen and oxygen atoms in total. The molecule has 0 aliphatic carbocycles. The number of hydrogen-bond donors (Lipinski definition) is 1. The van der Waals surface area contributed by atoms with E-state index in [1.165, 1.54) is 12.3 Å². The third-order valence-electron chi connectivity index (χ3n) is 3.53. The predicted octanol–water partition coefficient (Wildman–Crippen LogP) is 5.03. The summed E-state index contributed by atoms with van der Waals surface area (Å²) in [6, 6.07) is 14.4. The number of furan rings is 1. The highest BCUT2D eigenvalue weighted by Crippen LogP contribution is 2.33. The Bertz CT molecular complexity index is 1050. The van der Waals surface area contributed by atoms with Crippen LogP contribution in [-0.2, 0) is 0 Å². The maximum Gasteiger partial charge on any atom is 0.281 e. The maximum absolute atomic E-state index is 12.0. The van der Waals surface area contributed by atoms with Crippen molar-refractivity contribution in [3.63, 3.8) is 0 Å². The number of nitrogens with one attached hydrogen (secondary N) is 1. The average Bonchev–Trinajstić information content (AvgIpc) is 3.10. The van der Waals surface area contributed by atoms with Crippen molar-refractivity contribution >= 4 is 45.3 Å². The van der Waals surface area contributed by atoms with E-state index in [4.69, 9.17) is 16.0 Å². The third-order valence-corrected chi connectivity index (χ3v) is 4.35. The quantitative estimate of drug-likeness (QED) is 0.336. The molecule has 3 aromatic rings. The molecule has 0 atom stereocenters. The number of halogens is 2. The summed E-state index contributed by atoms with van der Waals surface area (Å²) in [4.78, 5) is 22.8. The number of hydrazone groups is 1. The molecule has 27 heavy (non-hydrogen) atoms. The van der Waals surface area contributed by atoms with E-state index in [9.17, 15) is 14.9 Å². The number of carbonyl (C=O) groups is 1. The van der Waals surface area contributed by atoms with Crippen molar-refractivity contribution in [3.8, 4) is 11.3 Å². The number of nitro groups is 1. The Balaban J connectivity index is 1.75. The Morgan fingerprint density at radius 2 is 2.00 bits per heavy atom. The van der Waals surface area contributed by atoms with Gasteiger partial charge in [0.05, 0.1) is 27.3 Å². The van der Waals surface area contributed by atoms with Gasteiger partial charge in [0.1, 0.15) is 11.5 Å². The molecule has 1 amide bonds. The van der Waals surface area contributed by atoms with E-state index in [-0.39, 0.29) is 5.69 Å². The standard InChI is InChI=1S/C18H11BrClN3O4/c19-11-5-7-14(16(9-11)23(25)26)17-8-6-12(27-17)10-21-22-18(24)13-3-1-2-4-15(13)20/h1-10H,(H,22,24)/b21-10-. The van der Waals surface area contributed by atoms with E-state index in [1.807, 2.05) is 0 Å². The van der Waals surface area contributed by atoms with Gasteiger partial charge in [-0.05, 0) is 36.4 Å². The van der Waals surface area contributed by atoms with Crippen molar-refractivity contribution in [2.45, 2.75) is 0 Å². The Kier molecular flexibility index (Phi) is 5.68. The maximum atomic E-state index is 12.0. The van der Waals surface area contributed by atoms with Crippen LogP contribution in [0, 0.1) is 10.1 Å².